The molecule has 1 aliphatic heterocycles. The predicted molar refractivity (Wildman–Crippen MR) is 79.0 cm³/mol. The molecule has 0 N–H and O–H groups in total. The summed E-state index contributed by atoms with van der Waals surface area (Å²) in [5.74, 6) is 0.192. The molecule has 3 heterocycles. The monoisotopic (exact) mass is 306 g/mol. The maximum Gasteiger partial charge on any atom is 0.227 e. The minimum atomic E-state index is 0.192. The van der Waals surface area contributed by atoms with Crippen LogP contribution >= 0.6 is 11.3 Å². The molecule has 2 aromatic rings. The number of aromatic nitrogens is 3. The van der Waals surface area contributed by atoms with Crippen LogP contribution in [-0.2, 0) is 22.6 Å². The Hall–Kier alpha value is -1.73. The SMILES string of the molecule is COCc1cn([C@H]2CCN(C(=O)Cc3cccs3)C2)nn1. The number of thiophene rings is 1. The average Bonchev–Trinajstić information content (AvgIpc) is 3.20. The average molecular weight is 306 g/mol. The number of hydrogen-bond acceptors (Lipinski definition) is 5. The summed E-state index contributed by atoms with van der Waals surface area (Å²) in [6, 6.07) is 4.20. The Labute approximate surface area is 127 Å². The van der Waals surface area contributed by atoms with E-state index in [4.69, 9.17) is 4.74 Å². The fraction of sp³-hybridized carbons (Fsp3) is 0.500. The molecule has 6 nitrogen and oxygen atoms in total. The van der Waals surface area contributed by atoms with E-state index < -0.39 is 0 Å². The lowest BCUT2D eigenvalue weighted by Gasteiger charge is -2.16. The van der Waals surface area contributed by atoms with Crippen molar-refractivity contribution >= 4 is 17.2 Å². The number of carbonyl (C=O) groups is 1. The molecule has 0 radical (unpaired) electrons. The number of hydrogen-bond donors (Lipinski definition) is 0. The number of likely N-dealkylation sites (tertiary alicyclic amines) is 1. The summed E-state index contributed by atoms with van der Waals surface area (Å²) < 4.78 is 6.90. The molecular formula is C14H18N4O2S. The Morgan fingerprint density at radius 3 is 3.24 bits per heavy atom. The zero-order valence-electron chi connectivity index (χ0n) is 11.9. The van der Waals surface area contributed by atoms with Crippen molar-refractivity contribution in [1.82, 2.24) is 19.9 Å². The van der Waals surface area contributed by atoms with Crippen molar-refractivity contribution in [3.05, 3.63) is 34.3 Å². The summed E-state index contributed by atoms with van der Waals surface area (Å²) in [5, 5.41) is 10.2. The van der Waals surface area contributed by atoms with Crippen LogP contribution in [-0.4, -0.2) is 46.0 Å². The van der Waals surface area contributed by atoms with Crippen LogP contribution in [0, 0.1) is 0 Å². The highest BCUT2D eigenvalue weighted by molar-refractivity contribution is 7.10. The molecule has 0 spiro atoms. The lowest BCUT2D eigenvalue weighted by atomic mass is 10.3. The molecular weight excluding hydrogens is 288 g/mol. The van der Waals surface area contributed by atoms with Gasteiger partial charge in [0, 0.05) is 25.1 Å². The van der Waals surface area contributed by atoms with Crippen molar-refractivity contribution in [3.8, 4) is 0 Å². The lowest BCUT2D eigenvalue weighted by Crippen LogP contribution is -2.30. The molecule has 1 atom stereocenters. The molecule has 21 heavy (non-hydrogen) atoms. The molecule has 0 aromatic carbocycles. The Kier molecular flexibility index (Phi) is 4.31. The summed E-state index contributed by atoms with van der Waals surface area (Å²) in [4.78, 5) is 15.3. The van der Waals surface area contributed by atoms with Gasteiger partial charge in [0.15, 0.2) is 0 Å². The van der Waals surface area contributed by atoms with E-state index in [0.29, 0.717) is 19.6 Å². The first kappa shape index (κ1) is 14.2. The van der Waals surface area contributed by atoms with Crippen molar-refractivity contribution in [2.45, 2.75) is 25.5 Å². The molecule has 1 amide bonds. The number of methoxy groups -OCH3 is 1. The molecule has 0 unspecified atom stereocenters. The molecule has 1 saturated heterocycles. The van der Waals surface area contributed by atoms with Crippen LogP contribution < -0.4 is 0 Å². The van der Waals surface area contributed by atoms with E-state index in [1.165, 1.54) is 0 Å². The lowest BCUT2D eigenvalue weighted by molar-refractivity contribution is -0.129. The first-order valence-corrected chi connectivity index (χ1v) is 7.84. The van der Waals surface area contributed by atoms with Crippen molar-refractivity contribution in [2.24, 2.45) is 0 Å². The molecule has 112 valence electrons. The fourth-order valence-electron chi connectivity index (χ4n) is 2.56. The molecule has 0 bridgehead atoms. The van der Waals surface area contributed by atoms with E-state index in [2.05, 4.69) is 10.3 Å². The second-order valence-corrected chi connectivity index (χ2v) is 6.19. The zero-order valence-corrected chi connectivity index (χ0v) is 12.8. The molecule has 1 fully saturated rings. The van der Waals surface area contributed by atoms with Crippen molar-refractivity contribution < 1.29 is 9.53 Å². The second kappa shape index (κ2) is 6.36. The Morgan fingerprint density at radius 1 is 1.57 bits per heavy atom. The van der Waals surface area contributed by atoms with Gasteiger partial charge in [0.1, 0.15) is 5.69 Å². The third-order valence-corrected chi connectivity index (χ3v) is 4.52. The third kappa shape index (κ3) is 3.30. The van der Waals surface area contributed by atoms with Gasteiger partial charge in [-0.15, -0.1) is 16.4 Å². The molecule has 0 aliphatic carbocycles. The molecule has 7 heteroatoms. The standard InChI is InChI=1S/C14H18N4O2S/c1-20-10-11-8-18(16-15-11)12-4-5-17(9-12)14(19)7-13-3-2-6-21-13/h2-3,6,8,12H,4-5,7,9-10H2,1H3/t12-/m0/s1. The van der Waals surface area contributed by atoms with Crippen LogP contribution in [0.4, 0.5) is 0 Å². The van der Waals surface area contributed by atoms with Gasteiger partial charge in [-0.3, -0.25) is 4.79 Å². The topological polar surface area (TPSA) is 60.2 Å². The summed E-state index contributed by atoms with van der Waals surface area (Å²) in [6.45, 7) is 1.96. The quantitative estimate of drug-likeness (QED) is 0.840. The van der Waals surface area contributed by atoms with Gasteiger partial charge >= 0.3 is 0 Å². The Bertz CT molecular complexity index is 596. The molecule has 2 aromatic heterocycles. The highest BCUT2D eigenvalue weighted by atomic mass is 32.1. The summed E-state index contributed by atoms with van der Waals surface area (Å²) >= 11 is 1.63. The van der Waals surface area contributed by atoms with E-state index in [-0.39, 0.29) is 11.9 Å². The van der Waals surface area contributed by atoms with Crippen molar-refractivity contribution in [2.75, 3.05) is 20.2 Å². The van der Waals surface area contributed by atoms with Crippen LogP contribution in [0.5, 0.6) is 0 Å². The predicted octanol–water partition coefficient (Wildman–Crippen LogP) is 1.50. The Morgan fingerprint density at radius 2 is 2.48 bits per heavy atom. The van der Waals surface area contributed by atoms with Gasteiger partial charge in [0.05, 0.1) is 25.3 Å². The smallest absolute Gasteiger partial charge is 0.227 e. The minimum Gasteiger partial charge on any atom is -0.378 e. The van der Waals surface area contributed by atoms with Gasteiger partial charge < -0.3 is 9.64 Å². The van der Waals surface area contributed by atoms with Gasteiger partial charge in [-0.2, -0.15) is 0 Å². The number of amides is 1. The summed E-state index contributed by atoms with van der Waals surface area (Å²) in [5.41, 5.74) is 0.820. The zero-order chi connectivity index (χ0) is 14.7. The van der Waals surface area contributed by atoms with E-state index in [1.54, 1.807) is 18.4 Å². The van der Waals surface area contributed by atoms with Crippen LogP contribution in [0.1, 0.15) is 23.0 Å². The number of rotatable bonds is 5. The summed E-state index contributed by atoms with van der Waals surface area (Å²) in [7, 11) is 1.64. The highest BCUT2D eigenvalue weighted by Gasteiger charge is 2.28. The number of carbonyl (C=O) groups excluding carboxylic acids is 1. The highest BCUT2D eigenvalue weighted by Crippen LogP contribution is 2.22. The molecule has 1 aliphatic rings. The van der Waals surface area contributed by atoms with Gasteiger partial charge in [-0.25, -0.2) is 4.68 Å². The van der Waals surface area contributed by atoms with E-state index >= 15 is 0 Å². The fourth-order valence-corrected chi connectivity index (χ4v) is 3.26. The van der Waals surface area contributed by atoms with Gasteiger partial charge in [-0.1, -0.05) is 11.3 Å². The third-order valence-electron chi connectivity index (χ3n) is 3.65. The number of nitrogens with zero attached hydrogens (tertiary/aromatic N) is 4. The second-order valence-electron chi connectivity index (χ2n) is 5.16. The Balaban J connectivity index is 1.58. The number of ether oxygens (including phenoxy) is 1. The van der Waals surface area contributed by atoms with Crippen LogP contribution in [0.3, 0.4) is 0 Å². The van der Waals surface area contributed by atoms with Crippen molar-refractivity contribution in [3.63, 3.8) is 0 Å². The van der Waals surface area contributed by atoms with Crippen molar-refractivity contribution in [1.29, 1.82) is 0 Å². The van der Waals surface area contributed by atoms with Gasteiger partial charge in [0.25, 0.3) is 0 Å². The van der Waals surface area contributed by atoms with E-state index in [9.17, 15) is 4.79 Å². The first-order chi connectivity index (χ1) is 10.3. The largest absolute Gasteiger partial charge is 0.378 e. The van der Waals surface area contributed by atoms with Gasteiger partial charge in [0.2, 0.25) is 5.91 Å². The summed E-state index contributed by atoms with van der Waals surface area (Å²) in [6.07, 6.45) is 3.32. The van der Waals surface area contributed by atoms with Crippen LogP contribution in [0.2, 0.25) is 0 Å². The van der Waals surface area contributed by atoms with Crippen LogP contribution in [0.25, 0.3) is 0 Å². The maximum absolute atomic E-state index is 12.3. The van der Waals surface area contributed by atoms with Crippen LogP contribution in [0.15, 0.2) is 23.7 Å². The molecule has 0 saturated carbocycles. The molecule has 3 rings (SSSR count). The normalized spacial score (nSPS) is 18.3. The first-order valence-electron chi connectivity index (χ1n) is 6.96. The maximum atomic E-state index is 12.3. The van der Waals surface area contributed by atoms with E-state index in [1.807, 2.05) is 33.3 Å². The minimum absolute atomic E-state index is 0.192. The van der Waals surface area contributed by atoms with E-state index in [0.717, 1.165) is 23.5 Å². The van der Waals surface area contributed by atoms with Gasteiger partial charge in [-0.05, 0) is 17.9 Å².